The topological polar surface area (TPSA) is 38.7 Å². The number of aliphatic hydroxyl groups is 1. The molecule has 2 rings (SSSR count). The Balaban J connectivity index is 2.54. The monoisotopic (exact) mass is 272 g/mol. The normalized spacial score (nSPS) is 16.9. The molecule has 3 nitrogen and oxygen atoms in total. The van der Waals surface area contributed by atoms with Crippen LogP contribution in [-0.4, -0.2) is 24.9 Å². The van der Waals surface area contributed by atoms with E-state index in [1.54, 1.807) is 13.0 Å². The fraction of sp³-hybridized carbons (Fsp3) is 0.571. The maximum atomic E-state index is 13.7. The van der Waals surface area contributed by atoms with E-state index in [1.165, 1.54) is 6.07 Å². The number of hydrogen-bond donors (Lipinski definition) is 1. The third-order valence-corrected chi connectivity index (χ3v) is 3.20. The number of aliphatic hydroxyl groups excluding tert-OH is 1. The first-order valence-electron chi connectivity index (χ1n) is 6.36. The van der Waals surface area contributed by atoms with Gasteiger partial charge in [-0.15, -0.1) is 0 Å². The number of benzene rings is 1. The summed E-state index contributed by atoms with van der Waals surface area (Å²) in [5, 5.41) is 9.22. The van der Waals surface area contributed by atoms with Crippen LogP contribution in [0.5, 0.6) is 11.5 Å². The van der Waals surface area contributed by atoms with Crippen molar-refractivity contribution < 1.29 is 23.4 Å². The second kappa shape index (κ2) is 5.33. The predicted molar refractivity (Wildman–Crippen MR) is 67.1 cm³/mol. The summed E-state index contributed by atoms with van der Waals surface area (Å²) in [5.41, 5.74) is 0.289. The average Bonchev–Trinajstić information content (AvgIpc) is 2.59. The molecule has 0 aromatic heterocycles. The molecule has 1 aliphatic heterocycles. The van der Waals surface area contributed by atoms with Crippen molar-refractivity contribution in [2.75, 3.05) is 19.8 Å². The maximum absolute atomic E-state index is 13.7. The number of rotatable bonds is 3. The molecule has 1 aliphatic rings. The van der Waals surface area contributed by atoms with Gasteiger partial charge in [0.2, 0.25) is 0 Å². The van der Waals surface area contributed by atoms with Gasteiger partial charge in [0.25, 0.3) is 5.92 Å². The summed E-state index contributed by atoms with van der Waals surface area (Å²) in [5.74, 6) is -2.54. The molecule has 0 spiro atoms. The summed E-state index contributed by atoms with van der Waals surface area (Å²) in [6.07, 6.45) is 0.720. The number of halogens is 2. The van der Waals surface area contributed by atoms with Crippen LogP contribution in [0.4, 0.5) is 8.78 Å². The lowest BCUT2D eigenvalue weighted by atomic mass is 9.92. The minimum absolute atomic E-state index is 0.113. The van der Waals surface area contributed by atoms with Crippen LogP contribution in [0.1, 0.15) is 37.3 Å². The molecule has 0 fully saturated rings. The first-order valence-corrected chi connectivity index (χ1v) is 6.36. The van der Waals surface area contributed by atoms with Gasteiger partial charge in [0.1, 0.15) is 0 Å². The Morgan fingerprint density at radius 1 is 1.26 bits per heavy atom. The molecular weight excluding hydrogens is 254 g/mol. The predicted octanol–water partition coefficient (Wildman–Crippen LogP) is 3.06. The second-order valence-electron chi connectivity index (χ2n) is 4.91. The van der Waals surface area contributed by atoms with Gasteiger partial charge in [0.15, 0.2) is 11.5 Å². The zero-order valence-electron chi connectivity index (χ0n) is 11.1. The highest BCUT2D eigenvalue weighted by molar-refractivity contribution is 5.50. The molecule has 1 aromatic carbocycles. The van der Waals surface area contributed by atoms with Crippen LogP contribution < -0.4 is 9.47 Å². The lowest BCUT2D eigenvalue weighted by Gasteiger charge is -2.21. The third-order valence-electron chi connectivity index (χ3n) is 3.20. The van der Waals surface area contributed by atoms with Gasteiger partial charge in [-0.3, -0.25) is 0 Å². The van der Waals surface area contributed by atoms with Crippen LogP contribution >= 0.6 is 0 Å². The van der Waals surface area contributed by atoms with E-state index in [1.807, 2.05) is 0 Å². The van der Waals surface area contributed by atoms with Crippen molar-refractivity contribution in [2.45, 2.75) is 32.1 Å². The third kappa shape index (κ3) is 2.97. The summed E-state index contributed by atoms with van der Waals surface area (Å²) < 4.78 is 38.3. The van der Waals surface area contributed by atoms with E-state index in [9.17, 15) is 13.9 Å². The second-order valence-corrected chi connectivity index (χ2v) is 4.91. The highest BCUT2D eigenvalue weighted by Gasteiger charge is 2.31. The smallest absolute Gasteiger partial charge is 0.270 e. The summed E-state index contributed by atoms with van der Waals surface area (Å²) in [7, 11) is 0. The van der Waals surface area contributed by atoms with Gasteiger partial charge in [0, 0.05) is 31.4 Å². The molecule has 1 aromatic rings. The van der Waals surface area contributed by atoms with Crippen molar-refractivity contribution in [2.24, 2.45) is 0 Å². The Kier molecular flexibility index (Phi) is 3.94. The summed E-state index contributed by atoms with van der Waals surface area (Å²) in [6.45, 7) is 3.32. The summed E-state index contributed by atoms with van der Waals surface area (Å²) in [6, 6.07) is 2.90. The van der Waals surface area contributed by atoms with Crippen LogP contribution in [-0.2, 0) is 5.92 Å². The molecular formula is C14H18F2O3. The van der Waals surface area contributed by atoms with E-state index in [2.05, 4.69) is 0 Å². The Bertz CT molecular complexity index is 455. The number of fused-ring (bicyclic) bond motifs is 1. The Morgan fingerprint density at radius 3 is 2.37 bits per heavy atom. The highest BCUT2D eigenvalue weighted by Crippen LogP contribution is 2.41. The molecule has 0 bridgehead atoms. The number of alkyl halides is 2. The molecule has 1 heterocycles. The van der Waals surface area contributed by atoms with E-state index >= 15 is 0 Å². The van der Waals surface area contributed by atoms with E-state index in [4.69, 9.17) is 9.47 Å². The van der Waals surface area contributed by atoms with Crippen molar-refractivity contribution in [1.82, 2.24) is 0 Å². The highest BCUT2D eigenvalue weighted by atomic mass is 19.3. The van der Waals surface area contributed by atoms with E-state index in [-0.39, 0.29) is 18.1 Å². The molecule has 1 unspecified atom stereocenters. The average molecular weight is 272 g/mol. The molecule has 0 saturated heterocycles. The van der Waals surface area contributed by atoms with Gasteiger partial charge in [-0.25, -0.2) is 8.78 Å². The van der Waals surface area contributed by atoms with Gasteiger partial charge in [-0.2, -0.15) is 0 Å². The number of hydrogen-bond acceptors (Lipinski definition) is 3. The van der Waals surface area contributed by atoms with E-state index in [0.717, 1.165) is 13.3 Å². The zero-order valence-corrected chi connectivity index (χ0v) is 11.1. The largest absolute Gasteiger partial charge is 0.490 e. The van der Waals surface area contributed by atoms with E-state index in [0.29, 0.717) is 30.3 Å². The van der Waals surface area contributed by atoms with Crippen molar-refractivity contribution in [3.05, 3.63) is 23.3 Å². The molecule has 1 N–H and O–H groups in total. The maximum Gasteiger partial charge on any atom is 0.270 e. The molecule has 0 aliphatic carbocycles. The molecule has 0 saturated carbocycles. The first-order chi connectivity index (χ1) is 8.93. The standard InChI is InChI=1S/C14H18F2O3/c1-9(8-17)10-6-12-13(19-5-3-4-18-12)7-11(10)14(2,15)16/h6-7,9,17H,3-5,8H2,1-2H3. The van der Waals surface area contributed by atoms with Crippen LogP contribution in [0.2, 0.25) is 0 Å². The minimum Gasteiger partial charge on any atom is -0.490 e. The van der Waals surface area contributed by atoms with Crippen LogP contribution in [0.25, 0.3) is 0 Å². The quantitative estimate of drug-likeness (QED) is 0.919. The van der Waals surface area contributed by atoms with Crippen molar-refractivity contribution in [3.8, 4) is 11.5 Å². The van der Waals surface area contributed by atoms with Crippen LogP contribution in [0, 0.1) is 0 Å². The molecule has 0 radical (unpaired) electrons. The lowest BCUT2D eigenvalue weighted by molar-refractivity contribution is 0.0157. The fourth-order valence-corrected chi connectivity index (χ4v) is 2.11. The Labute approximate surface area is 111 Å². The summed E-state index contributed by atoms with van der Waals surface area (Å²) in [4.78, 5) is 0. The lowest BCUT2D eigenvalue weighted by Crippen LogP contribution is -2.14. The van der Waals surface area contributed by atoms with Gasteiger partial charge < -0.3 is 14.6 Å². The van der Waals surface area contributed by atoms with Gasteiger partial charge in [-0.1, -0.05) is 6.92 Å². The van der Waals surface area contributed by atoms with Gasteiger partial charge in [0.05, 0.1) is 13.2 Å². The summed E-state index contributed by atoms with van der Waals surface area (Å²) >= 11 is 0. The van der Waals surface area contributed by atoms with Crippen molar-refractivity contribution >= 4 is 0 Å². The Morgan fingerprint density at radius 2 is 1.84 bits per heavy atom. The van der Waals surface area contributed by atoms with Gasteiger partial charge >= 0.3 is 0 Å². The van der Waals surface area contributed by atoms with Crippen LogP contribution in [0.3, 0.4) is 0 Å². The zero-order chi connectivity index (χ0) is 14.0. The van der Waals surface area contributed by atoms with Crippen molar-refractivity contribution in [1.29, 1.82) is 0 Å². The fourth-order valence-electron chi connectivity index (χ4n) is 2.11. The first kappa shape index (κ1) is 14.1. The van der Waals surface area contributed by atoms with E-state index < -0.39 is 5.92 Å². The molecule has 106 valence electrons. The molecule has 0 amide bonds. The SMILES string of the molecule is CC(CO)c1cc2c(cc1C(C)(F)F)OCCCO2. The molecule has 19 heavy (non-hydrogen) atoms. The number of ether oxygens (including phenoxy) is 2. The Hall–Kier alpha value is -1.36. The minimum atomic E-state index is -2.98. The van der Waals surface area contributed by atoms with Crippen LogP contribution in [0.15, 0.2) is 12.1 Å². The molecule has 1 atom stereocenters. The molecule has 5 heteroatoms. The van der Waals surface area contributed by atoms with Crippen molar-refractivity contribution in [3.63, 3.8) is 0 Å². The van der Waals surface area contributed by atoms with Gasteiger partial charge in [-0.05, 0) is 17.7 Å².